The van der Waals surface area contributed by atoms with Crippen LogP contribution in [0.25, 0.3) is 0 Å². The van der Waals surface area contributed by atoms with Crippen molar-refractivity contribution >= 4 is 5.78 Å². The van der Waals surface area contributed by atoms with Crippen LogP contribution in [0.2, 0.25) is 0 Å². The number of hydrogen-bond donors (Lipinski definition) is 0. The Morgan fingerprint density at radius 2 is 0.729 bits per heavy atom. The third-order valence-corrected chi connectivity index (χ3v) is 10.7. The highest BCUT2D eigenvalue weighted by Crippen LogP contribution is 2.48. The second kappa shape index (κ2) is 11.9. The maximum absolute atomic E-state index is 15.1. The molecule has 5 aliphatic rings. The van der Waals surface area contributed by atoms with Crippen LogP contribution in [0.3, 0.4) is 0 Å². The molecule has 0 saturated heterocycles. The summed E-state index contributed by atoms with van der Waals surface area (Å²) in [6.07, 6.45) is 2.72. The fourth-order valence-electron chi connectivity index (χ4n) is 8.23. The molecule has 1 fully saturated rings. The monoisotopic (exact) mass is 648 g/mol. The molecule has 4 atom stereocenters. The molecular formula is C39H36O9. The van der Waals surface area contributed by atoms with E-state index >= 15 is 4.79 Å². The highest BCUT2D eigenvalue weighted by atomic mass is 16.7. The molecule has 0 aromatic heterocycles. The first kappa shape index (κ1) is 29.1. The van der Waals surface area contributed by atoms with Crippen LogP contribution in [0.5, 0.6) is 46.0 Å². The summed E-state index contributed by atoms with van der Waals surface area (Å²) in [4.78, 5) is 15.1. The molecule has 1 saturated carbocycles. The van der Waals surface area contributed by atoms with Gasteiger partial charge in [-0.25, -0.2) is 0 Å². The lowest BCUT2D eigenvalue weighted by molar-refractivity contribution is -0.137. The average molecular weight is 649 g/mol. The second-order valence-corrected chi connectivity index (χ2v) is 13.4. The number of carbonyl (C=O) groups is 1. The van der Waals surface area contributed by atoms with Crippen LogP contribution in [0.1, 0.15) is 29.2 Å². The Hall–Kier alpha value is -5.05. The van der Waals surface area contributed by atoms with Crippen molar-refractivity contribution in [1.82, 2.24) is 0 Å². The molecule has 0 radical (unpaired) electrons. The van der Waals surface area contributed by atoms with E-state index in [1.165, 1.54) is 0 Å². The second-order valence-electron chi connectivity index (χ2n) is 13.4. The van der Waals surface area contributed by atoms with Crippen molar-refractivity contribution < 1.29 is 42.7 Å². The van der Waals surface area contributed by atoms with Crippen LogP contribution in [0, 0.1) is 29.6 Å². The topological polar surface area (TPSA) is 90.9 Å². The molecule has 246 valence electrons. The first-order valence-electron chi connectivity index (χ1n) is 16.6. The third kappa shape index (κ3) is 5.31. The number of benzene rings is 4. The van der Waals surface area contributed by atoms with Crippen molar-refractivity contribution in [3.8, 4) is 46.0 Å². The molecule has 4 aromatic carbocycles. The minimum absolute atomic E-state index is 0.0790. The molecule has 9 rings (SSSR count). The van der Waals surface area contributed by atoms with Crippen LogP contribution in [-0.2, 0) is 30.5 Å². The van der Waals surface area contributed by atoms with Gasteiger partial charge in [0.25, 0.3) is 0 Å². The number of ketones is 1. The fourth-order valence-corrected chi connectivity index (χ4v) is 8.23. The number of carbonyl (C=O) groups excluding carboxylic acids is 1. The van der Waals surface area contributed by atoms with Crippen LogP contribution in [0.4, 0.5) is 0 Å². The standard InChI is InChI=1S/C39H36O9/c1-22-27(10-23-2-6-31-35(14-23)45-18-41-31)29(12-25-4-8-33-37(16-25)47-20-43-33)39(40)30(13-26-5-9-34-38(17-26)48-21-44-34)28(22)11-24-3-7-32-36(15-24)46-19-42-32/h2-9,14-17,22,27-30H,10-13,18-21H2,1H3. The first-order chi connectivity index (χ1) is 23.6. The first-order valence-corrected chi connectivity index (χ1v) is 16.6. The van der Waals surface area contributed by atoms with Crippen LogP contribution in [0.15, 0.2) is 72.8 Å². The molecule has 4 unspecified atom stereocenters. The van der Waals surface area contributed by atoms with Crippen molar-refractivity contribution in [2.24, 2.45) is 29.6 Å². The van der Waals surface area contributed by atoms with Crippen molar-refractivity contribution in [1.29, 1.82) is 0 Å². The summed E-state index contributed by atoms with van der Waals surface area (Å²) >= 11 is 0. The van der Waals surface area contributed by atoms with Gasteiger partial charge >= 0.3 is 0 Å². The zero-order chi connectivity index (χ0) is 32.2. The Morgan fingerprint density at radius 3 is 1.06 bits per heavy atom. The zero-order valence-electron chi connectivity index (χ0n) is 26.6. The van der Waals surface area contributed by atoms with E-state index in [1.54, 1.807) is 0 Å². The van der Waals surface area contributed by atoms with Gasteiger partial charge in [-0.15, -0.1) is 0 Å². The Morgan fingerprint density at radius 1 is 0.438 bits per heavy atom. The Kier molecular flexibility index (Phi) is 7.21. The SMILES string of the molecule is CC1C(Cc2ccc3c(c2)OCO3)C(Cc2ccc3c(c2)OCO3)C(=O)C(Cc2ccc3c(c2)OCO3)C1Cc1ccc2c(c1)OCO2. The fraction of sp³-hybridized carbons (Fsp3) is 0.359. The maximum Gasteiger partial charge on any atom is 0.231 e. The molecule has 4 heterocycles. The van der Waals surface area contributed by atoms with Crippen LogP contribution in [-0.4, -0.2) is 33.0 Å². The van der Waals surface area contributed by atoms with E-state index in [0.717, 1.165) is 81.1 Å². The number of Topliss-reactive ketones (excluding diaryl/α,β-unsaturated/α-hetero) is 1. The van der Waals surface area contributed by atoms with Gasteiger partial charge in [-0.05, 0) is 114 Å². The lowest BCUT2D eigenvalue weighted by Crippen LogP contribution is -2.49. The van der Waals surface area contributed by atoms with Gasteiger partial charge in [-0.2, -0.15) is 0 Å². The molecule has 9 heteroatoms. The average Bonchev–Trinajstić information content (AvgIpc) is 3.93. The highest BCUT2D eigenvalue weighted by molar-refractivity contribution is 5.86. The third-order valence-electron chi connectivity index (χ3n) is 10.7. The smallest absolute Gasteiger partial charge is 0.231 e. The van der Waals surface area contributed by atoms with Crippen molar-refractivity contribution in [3.05, 3.63) is 95.1 Å². The number of rotatable bonds is 8. The van der Waals surface area contributed by atoms with Crippen molar-refractivity contribution in [3.63, 3.8) is 0 Å². The predicted octanol–water partition coefficient (Wildman–Crippen LogP) is 6.56. The molecule has 0 bridgehead atoms. The quantitative estimate of drug-likeness (QED) is 0.211. The zero-order valence-corrected chi connectivity index (χ0v) is 26.6. The summed E-state index contributed by atoms with van der Waals surface area (Å²) in [5.74, 6) is 6.20. The Balaban J connectivity index is 1.09. The van der Waals surface area contributed by atoms with E-state index < -0.39 is 0 Å². The highest BCUT2D eigenvalue weighted by Gasteiger charge is 2.48. The van der Waals surface area contributed by atoms with Crippen LogP contribution < -0.4 is 37.9 Å². The lowest BCUT2D eigenvalue weighted by atomic mass is 9.57. The summed E-state index contributed by atoms with van der Waals surface area (Å²) in [6.45, 7) is 3.21. The molecule has 9 nitrogen and oxygen atoms in total. The van der Waals surface area contributed by atoms with Gasteiger partial charge in [0, 0.05) is 11.8 Å². The summed E-state index contributed by atoms with van der Waals surface area (Å²) in [6, 6.07) is 24.4. The molecule has 0 N–H and O–H groups in total. The summed E-state index contributed by atoms with van der Waals surface area (Å²) in [7, 11) is 0. The van der Waals surface area contributed by atoms with E-state index in [1.807, 2.05) is 36.4 Å². The minimum Gasteiger partial charge on any atom is -0.454 e. The van der Waals surface area contributed by atoms with Gasteiger partial charge in [0.05, 0.1) is 0 Å². The van der Waals surface area contributed by atoms with Gasteiger partial charge in [-0.1, -0.05) is 31.2 Å². The maximum atomic E-state index is 15.1. The summed E-state index contributed by atoms with van der Waals surface area (Å²) in [5, 5.41) is 0. The van der Waals surface area contributed by atoms with E-state index in [4.69, 9.17) is 37.9 Å². The number of fused-ring (bicyclic) bond motifs is 4. The minimum atomic E-state index is -0.210. The number of ether oxygens (including phenoxy) is 8. The summed E-state index contributed by atoms with van der Waals surface area (Å²) in [5.41, 5.74) is 4.40. The molecule has 1 aliphatic carbocycles. The Bertz CT molecular complexity index is 1750. The van der Waals surface area contributed by atoms with Gasteiger partial charge in [-0.3, -0.25) is 4.79 Å². The van der Waals surface area contributed by atoms with Crippen molar-refractivity contribution in [2.45, 2.75) is 32.6 Å². The number of hydrogen-bond acceptors (Lipinski definition) is 9. The Labute approximate surface area is 278 Å². The van der Waals surface area contributed by atoms with E-state index in [0.29, 0.717) is 18.6 Å². The summed E-state index contributed by atoms with van der Waals surface area (Å²) < 4.78 is 45.3. The lowest BCUT2D eigenvalue weighted by Gasteiger charge is -2.46. The van der Waals surface area contributed by atoms with Crippen molar-refractivity contribution in [2.75, 3.05) is 27.2 Å². The van der Waals surface area contributed by atoms with E-state index in [2.05, 4.69) is 43.3 Å². The molecule has 0 spiro atoms. The molecule has 4 aliphatic heterocycles. The molecular weight excluding hydrogens is 612 g/mol. The van der Waals surface area contributed by atoms with Gasteiger partial charge < -0.3 is 37.9 Å². The molecule has 4 aromatic rings. The largest absolute Gasteiger partial charge is 0.454 e. The van der Waals surface area contributed by atoms with E-state index in [9.17, 15) is 0 Å². The van der Waals surface area contributed by atoms with Gasteiger partial charge in [0.1, 0.15) is 5.78 Å². The molecule has 0 amide bonds. The normalized spacial score (nSPS) is 24.3. The van der Waals surface area contributed by atoms with Gasteiger partial charge in [0.2, 0.25) is 27.2 Å². The van der Waals surface area contributed by atoms with E-state index in [-0.39, 0.29) is 56.8 Å². The molecule has 48 heavy (non-hydrogen) atoms. The van der Waals surface area contributed by atoms with Gasteiger partial charge in [0.15, 0.2) is 46.0 Å². The van der Waals surface area contributed by atoms with Crippen LogP contribution >= 0.6 is 0 Å². The predicted molar refractivity (Wildman–Crippen MR) is 173 cm³/mol.